The van der Waals surface area contributed by atoms with Gasteiger partial charge in [-0.3, -0.25) is 10.1 Å². The van der Waals surface area contributed by atoms with Crippen LogP contribution in [0.1, 0.15) is 11.1 Å². The summed E-state index contributed by atoms with van der Waals surface area (Å²) in [6, 6.07) is 6.65. The minimum absolute atomic E-state index is 0.0646. The van der Waals surface area contributed by atoms with Gasteiger partial charge in [0.1, 0.15) is 11.1 Å². The number of nitro groups is 1. The maximum absolute atomic E-state index is 11.1. The molecule has 3 rings (SSSR count). The number of nitrogens with one attached hydrogen (secondary N) is 1. The summed E-state index contributed by atoms with van der Waals surface area (Å²) in [4.78, 5) is 15.2. The Bertz CT molecular complexity index is 623. The van der Waals surface area contributed by atoms with Gasteiger partial charge in [-0.05, 0) is 6.07 Å². The summed E-state index contributed by atoms with van der Waals surface area (Å²) >= 11 is 1.47. The Labute approximate surface area is 119 Å². The number of thiazole rings is 1. The van der Waals surface area contributed by atoms with Crippen molar-refractivity contribution in [1.29, 1.82) is 0 Å². The molecule has 1 aliphatic rings. The number of nitrogens with zero attached hydrogens (tertiary/aromatic N) is 2. The molecule has 6 nitrogen and oxygen atoms in total. The van der Waals surface area contributed by atoms with Gasteiger partial charge in [-0.1, -0.05) is 12.1 Å². The van der Waals surface area contributed by atoms with Crippen LogP contribution >= 0.6 is 11.3 Å². The quantitative estimate of drug-likeness (QED) is 0.694. The molecule has 1 aliphatic heterocycles. The first kappa shape index (κ1) is 13.2. The van der Waals surface area contributed by atoms with Crippen molar-refractivity contribution < 1.29 is 9.66 Å². The molecule has 1 fully saturated rings. The third-order valence-corrected chi connectivity index (χ3v) is 4.04. The van der Waals surface area contributed by atoms with Crippen LogP contribution in [0.3, 0.4) is 0 Å². The minimum atomic E-state index is -0.382. The summed E-state index contributed by atoms with van der Waals surface area (Å²) in [5.41, 5.74) is 1.25. The van der Waals surface area contributed by atoms with Crippen LogP contribution in [0, 0.1) is 10.1 Å². The molecule has 1 aromatic carbocycles. The monoisotopic (exact) mass is 291 g/mol. The van der Waals surface area contributed by atoms with Crippen molar-refractivity contribution in [2.75, 3.05) is 19.7 Å². The fourth-order valence-corrected chi connectivity index (χ4v) is 3.00. The van der Waals surface area contributed by atoms with E-state index < -0.39 is 0 Å². The maximum Gasteiger partial charge on any atom is 0.278 e. The number of para-hydroxylation sites is 1. The molecule has 1 aromatic heterocycles. The van der Waals surface area contributed by atoms with E-state index in [2.05, 4.69) is 10.3 Å². The number of hydrogen-bond acceptors (Lipinski definition) is 6. The van der Waals surface area contributed by atoms with E-state index in [9.17, 15) is 10.1 Å². The van der Waals surface area contributed by atoms with Gasteiger partial charge >= 0.3 is 0 Å². The van der Waals surface area contributed by atoms with E-state index in [0.717, 1.165) is 18.1 Å². The smallest absolute Gasteiger partial charge is 0.278 e. The molecule has 0 radical (unpaired) electrons. The lowest BCUT2D eigenvalue weighted by atomic mass is 10.1. The van der Waals surface area contributed by atoms with E-state index >= 15 is 0 Å². The van der Waals surface area contributed by atoms with Crippen LogP contribution in [0.2, 0.25) is 0 Å². The fraction of sp³-hybridized carbons (Fsp3) is 0.308. The summed E-state index contributed by atoms with van der Waals surface area (Å²) in [6.07, 6.45) is -0.0646. The van der Waals surface area contributed by atoms with E-state index in [0.29, 0.717) is 17.9 Å². The number of benzene rings is 1. The highest BCUT2D eigenvalue weighted by molar-refractivity contribution is 7.10. The molecule has 0 amide bonds. The van der Waals surface area contributed by atoms with Gasteiger partial charge in [0.2, 0.25) is 0 Å². The molecule has 7 heteroatoms. The summed E-state index contributed by atoms with van der Waals surface area (Å²) in [6.45, 7) is 2.23. The zero-order chi connectivity index (χ0) is 13.9. The third kappa shape index (κ3) is 2.55. The van der Waals surface area contributed by atoms with Crippen molar-refractivity contribution in [2.45, 2.75) is 6.10 Å². The SMILES string of the molecule is O=[N+]([O-])c1ccccc1-c1csc(C2CNCCO2)n1. The molecule has 1 N–H and O–H groups in total. The Morgan fingerprint density at radius 3 is 3.05 bits per heavy atom. The van der Waals surface area contributed by atoms with Crippen LogP contribution in [0.15, 0.2) is 29.6 Å². The van der Waals surface area contributed by atoms with Gasteiger partial charge in [-0.15, -0.1) is 11.3 Å². The van der Waals surface area contributed by atoms with Gasteiger partial charge in [-0.2, -0.15) is 0 Å². The standard InChI is InChI=1S/C13H13N3O3S/c17-16(18)11-4-2-1-3-9(11)10-8-20-13(15-10)12-7-14-5-6-19-12/h1-4,8,12,14H,5-7H2. The highest BCUT2D eigenvalue weighted by Gasteiger charge is 2.22. The molecule has 2 heterocycles. The Hall–Kier alpha value is -1.83. The normalized spacial score (nSPS) is 18.9. The van der Waals surface area contributed by atoms with Gasteiger partial charge in [0.15, 0.2) is 0 Å². The second-order valence-electron chi connectivity index (χ2n) is 4.41. The second-order valence-corrected chi connectivity index (χ2v) is 5.30. The molecule has 0 bridgehead atoms. The predicted octanol–water partition coefficient (Wildman–Crippen LogP) is 2.38. The Morgan fingerprint density at radius 2 is 2.30 bits per heavy atom. The third-order valence-electron chi connectivity index (χ3n) is 3.10. The van der Waals surface area contributed by atoms with Gasteiger partial charge < -0.3 is 10.1 Å². The number of nitro benzene ring substituents is 1. The van der Waals surface area contributed by atoms with Crippen LogP contribution < -0.4 is 5.32 Å². The van der Waals surface area contributed by atoms with E-state index in [4.69, 9.17) is 4.74 Å². The zero-order valence-electron chi connectivity index (χ0n) is 10.6. The largest absolute Gasteiger partial charge is 0.368 e. The minimum Gasteiger partial charge on any atom is -0.368 e. The van der Waals surface area contributed by atoms with Crippen LogP contribution in [-0.2, 0) is 4.74 Å². The summed E-state index contributed by atoms with van der Waals surface area (Å²) in [5.74, 6) is 0. The molecule has 1 unspecified atom stereocenters. The molecular weight excluding hydrogens is 278 g/mol. The van der Waals surface area contributed by atoms with Crippen molar-refractivity contribution in [1.82, 2.24) is 10.3 Å². The number of rotatable bonds is 3. The molecule has 2 aromatic rings. The fourth-order valence-electron chi connectivity index (χ4n) is 2.13. The van der Waals surface area contributed by atoms with Gasteiger partial charge in [0.25, 0.3) is 5.69 Å². The van der Waals surface area contributed by atoms with Crippen molar-refractivity contribution >= 4 is 17.0 Å². The first-order valence-electron chi connectivity index (χ1n) is 6.27. The van der Waals surface area contributed by atoms with Gasteiger partial charge in [0, 0.05) is 24.5 Å². The zero-order valence-corrected chi connectivity index (χ0v) is 11.4. The van der Waals surface area contributed by atoms with Crippen molar-refractivity contribution in [3.63, 3.8) is 0 Å². The number of ether oxygens (including phenoxy) is 1. The van der Waals surface area contributed by atoms with Crippen molar-refractivity contribution in [2.24, 2.45) is 0 Å². The molecule has 1 atom stereocenters. The van der Waals surface area contributed by atoms with Crippen LogP contribution in [-0.4, -0.2) is 29.6 Å². The lowest BCUT2D eigenvalue weighted by Gasteiger charge is -2.21. The highest BCUT2D eigenvalue weighted by Crippen LogP contribution is 2.32. The first-order chi connectivity index (χ1) is 9.75. The average Bonchev–Trinajstić information content (AvgIpc) is 2.98. The Kier molecular flexibility index (Phi) is 3.72. The van der Waals surface area contributed by atoms with Gasteiger partial charge in [-0.25, -0.2) is 4.98 Å². The average molecular weight is 291 g/mol. The molecule has 0 spiro atoms. The lowest BCUT2D eigenvalue weighted by molar-refractivity contribution is -0.384. The summed E-state index contributed by atoms with van der Waals surface area (Å²) < 4.78 is 5.64. The Morgan fingerprint density at radius 1 is 1.45 bits per heavy atom. The number of hydrogen-bond donors (Lipinski definition) is 1. The van der Waals surface area contributed by atoms with Crippen molar-refractivity contribution in [3.05, 3.63) is 44.8 Å². The van der Waals surface area contributed by atoms with Crippen LogP contribution in [0.25, 0.3) is 11.3 Å². The van der Waals surface area contributed by atoms with Gasteiger partial charge in [0.05, 0.1) is 22.8 Å². The van der Waals surface area contributed by atoms with E-state index in [1.807, 2.05) is 5.38 Å². The first-order valence-corrected chi connectivity index (χ1v) is 7.15. The topological polar surface area (TPSA) is 77.3 Å². The second kappa shape index (κ2) is 5.66. The summed E-state index contributed by atoms with van der Waals surface area (Å²) in [7, 11) is 0. The highest BCUT2D eigenvalue weighted by atomic mass is 32.1. The summed E-state index contributed by atoms with van der Waals surface area (Å²) in [5, 5.41) is 17.0. The van der Waals surface area contributed by atoms with Crippen molar-refractivity contribution in [3.8, 4) is 11.3 Å². The molecule has 104 valence electrons. The van der Waals surface area contributed by atoms with Crippen LogP contribution in [0.5, 0.6) is 0 Å². The number of morpholine rings is 1. The Balaban J connectivity index is 1.92. The van der Waals surface area contributed by atoms with E-state index in [1.165, 1.54) is 17.4 Å². The molecular formula is C13H13N3O3S. The van der Waals surface area contributed by atoms with Crippen LogP contribution in [0.4, 0.5) is 5.69 Å². The number of aromatic nitrogens is 1. The molecule has 1 saturated heterocycles. The van der Waals surface area contributed by atoms with E-state index in [1.54, 1.807) is 18.2 Å². The lowest BCUT2D eigenvalue weighted by Crippen LogP contribution is -2.33. The van der Waals surface area contributed by atoms with E-state index in [-0.39, 0.29) is 16.7 Å². The predicted molar refractivity (Wildman–Crippen MR) is 75.8 cm³/mol. The molecule has 0 aliphatic carbocycles. The molecule has 0 saturated carbocycles. The molecule has 20 heavy (non-hydrogen) atoms. The maximum atomic E-state index is 11.1.